The van der Waals surface area contributed by atoms with E-state index in [-0.39, 0.29) is 18.6 Å². The van der Waals surface area contributed by atoms with E-state index >= 15 is 0 Å². The van der Waals surface area contributed by atoms with Crippen LogP contribution in [-0.4, -0.2) is 38.7 Å². The first kappa shape index (κ1) is 16.3. The summed E-state index contributed by atoms with van der Waals surface area (Å²) in [6.45, 7) is 4.68. The lowest BCUT2D eigenvalue weighted by atomic mass is 10.1. The number of pyridine rings is 1. The highest BCUT2D eigenvalue weighted by Gasteiger charge is 2.28. The van der Waals surface area contributed by atoms with Gasteiger partial charge >= 0.3 is 6.09 Å². The second kappa shape index (κ2) is 6.62. The highest BCUT2D eigenvalue weighted by atomic mass is 19.1. The van der Waals surface area contributed by atoms with Crippen molar-refractivity contribution in [1.82, 2.24) is 10.0 Å². The van der Waals surface area contributed by atoms with Gasteiger partial charge in [0.2, 0.25) is 0 Å². The number of halogens is 1. The van der Waals surface area contributed by atoms with Crippen molar-refractivity contribution in [2.24, 2.45) is 0 Å². The molecule has 0 fully saturated rings. The molecule has 0 aliphatic carbocycles. The largest absolute Gasteiger partial charge is 0.442 e. The molecule has 1 rings (SSSR count). The number of aliphatic hydroxyl groups excluding tert-OH is 1. The monoisotopic (exact) mass is 286 g/mol. The van der Waals surface area contributed by atoms with Crippen molar-refractivity contribution in [3.8, 4) is 0 Å². The Morgan fingerprint density at radius 1 is 1.50 bits per heavy atom. The molecule has 1 unspecified atom stereocenters. The standard InChI is InChI=1S/C13H19FN2O4/c1-13(2,3)20-12(18)16(19)11(4-5-17)9-6-10(14)8-15-7-9/h6-8,11,17,19H,4-5H2,1-3H3. The third-order valence-corrected chi connectivity index (χ3v) is 2.39. The topological polar surface area (TPSA) is 82.9 Å². The van der Waals surface area contributed by atoms with Crippen molar-refractivity contribution in [3.63, 3.8) is 0 Å². The third kappa shape index (κ3) is 4.75. The molecule has 20 heavy (non-hydrogen) atoms. The summed E-state index contributed by atoms with van der Waals surface area (Å²) in [5.74, 6) is -0.594. The number of ether oxygens (including phenoxy) is 1. The maximum absolute atomic E-state index is 13.2. The Kier molecular flexibility index (Phi) is 5.41. The zero-order valence-corrected chi connectivity index (χ0v) is 11.7. The molecular formula is C13H19FN2O4. The molecule has 0 bridgehead atoms. The van der Waals surface area contributed by atoms with Gasteiger partial charge in [-0.05, 0) is 38.8 Å². The molecule has 6 nitrogen and oxygen atoms in total. The predicted molar refractivity (Wildman–Crippen MR) is 68.5 cm³/mol. The Balaban J connectivity index is 2.93. The zero-order valence-electron chi connectivity index (χ0n) is 11.7. The fourth-order valence-electron chi connectivity index (χ4n) is 1.60. The fraction of sp³-hybridized carbons (Fsp3) is 0.538. The van der Waals surface area contributed by atoms with Crippen molar-refractivity contribution in [2.75, 3.05) is 6.61 Å². The van der Waals surface area contributed by atoms with Gasteiger partial charge in [0.15, 0.2) is 0 Å². The Labute approximate surface area is 116 Å². The molecule has 112 valence electrons. The van der Waals surface area contributed by atoms with E-state index in [2.05, 4.69) is 4.98 Å². The normalized spacial score (nSPS) is 12.9. The number of carbonyl (C=O) groups excluding carboxylic acids is 1. The Bertz CT molecular complexity index is 462. The summed E-state index contributed by atoms with van der Waals surface area (Å²) in [6.07, 6.45) is 1.38. The number of aliphatic hydroxyl groups is 1. The first-order chi connectivity index (χ1) is 9.24. The lowest BCUT2D eigenvalue weighted by molar-refractivity contribution is -0.125. The van der Waals surface area contributed by atoms with Gasteiger partial charge in [-0.25, -0.2) is 9.18 Å². The second-order valence-electron chi connectivity index (χ2n) is 5.29. The number of hydrogen-bond acceptors (Lipinski definition) is 5. The van der Waals surface area contributed by atoms with Crippen LogP contribution in [0.3, 0.4) is 0 Å². The summed E-state index contributed by atoms with van der Waals surface area (Å²) in [5, 5.41) is 19.3. The highest BCUT2D eigenvalue weighted by Crippen LogP contribution is 2.24. The first-order valence-corrected chi connectivity index (χ1v) is 6.17. The van der Waals surface area contributed by atoms with Gasteiger partial charge in [-0.15, -0.1) is 0 Å². The molecule has 1 amide bonds. The van der Waals surface area contributed by atoms with E-state index in [0.29, 0.717) is 5.06 Å². The maximum atomic E-state index is 13.2. The number of carbonyl (C=O) groups is 1. The lowest BCUT2D eigenvalue weighted by Gasteiger charge is -2.28. The van der Waals surface area contributed by atoms with Crippen LogP contribution >= 0.6 is 0 Å². The van der Waals surface area contributed by atoms with Crippen molar-refractivity contribution in [1.29, 1.82) is 0 Å². The van der Waals surface area contributed by atoms with Crippen LogP contribution in [0.2, 0.25) is 0 Å². The van der Waals surface area contributed by atoms with Gasteiger partial charge in [0, 0.05) is 12.8 Å². The van der Waals surface area contributed by atoms with Crippen LogP contribution < -0.4 is 0 Å². The molecule has 0 aromatic carbocycles. The summed E-state index contributed by atoms with van der Waals surface area (Å²) in [7, 11) is 0. The molecule has 1 aromatic rings. The van der Waals surface area contributed by atoms with Crippen molar-refractivity contribution in [3.05, 3.63) is 29.8 Å². The van der Waals surface area contributed by atoms with Gasteiger partial charge in [0.05, 0.1) is 12.2 Å². The first-order valence-electron chi connectivity index (χ1n) is 6.17. The van der Waals surface area contributed by atoms with E-state index in [1.54, 1.807) is 20.8 Å². The number of hydroxylamine groups is 2. The van der Waals surface area contributed by atoms with Crippen LogP contribution in [0.25, 0.3) is 0 Å². The van der Waals surface area contributed by atoms with Gasteiger partial charge in [-0.1, -0.05) is 0 Å². The van der Waals surface area contributed by atoms with E-state index in [0.717, 1.165) is 12.3 Å². The van der Waals surface area contributed by atoms with Crippen LogP contribution in [0, 0.1) is 5.82 Å². The predicted octanol–water partition coefficient (Wildman–Crippen LogP) is 2.27. The minimum atomic E-state index is -0.972. The van der Waals surface area contributed by atoms with E-state index in [1.807, 2.05) is 0 Å². The van der Waals surface area contributed by atoms with Crippen molar-refractivity contribution >= 4 is 6.09 Å². The Morgan fingerprint density at radius 3 is 2.65 bits per heavy atom. The van der Waals surface area contributed by atoms with Gasteiger partial charge in [0.25, 0.3) is 0 Å². The summed E-state index contributed by atoms with van der Waals surface area (Å²) in [4.78, 5) is 15.4. The smallest absolute Gasteiger partial charge is 0.434 e. The maximum Gasteiger partial charge on any atom is 0.434 e. The number of rotatable bonds is 4. The molecule has 0 saturated heterocycles. The highest BCUT2D eigenvalue weighted by molar-refractivity contribution is 5.67. The lowest BCUT2D eigenvalue weighted by Crippen LogP contribution is -2.37. The Hall–Kier alpha value is -1.73. The molecule has 7 heteroatoms. The summed E-state index contributed by atoms with van der Waals surface area (Å²) >= 11 is 0. The molecule has 0 aliphatic rings. The van der Waals surface area contributed by atoms with Crippen LogP contribution in [-0.2, 0) is 4.74 Å². The number of amides is 1. The van der Waals surface area contributed by atoms with E-state index in [4.69, 9.17) is 9.84 Å². The van der Waals surface area contributed by atoms with Gasteiger partial charge < -0.3 is 9.84 Å². The Morgan fingerprint density at radius 2 is 2.15 bits per heavy atom. The summed E-state index contributed by atoms with van der Waals surface area (Å²) < 4.78 is 18.2. The quantitative estimate of drug-likeness (QED) is 0.655. The van der Waals surface area contributed by atoms with Crippen LogP contribution in [0.15, 0.2) is 18.5 Å². The van der Waals surface area contributed by atoms with E-state index < -0.39 is 23.6 Å². The van der Waals surface area contributed by atoms with Crippen molar-refractivity contribution < 1.29 is 24.2 Å². The number of nitrogens with zero attached hydrogens (tertiary/aromatic N) is 2. The summed E-state index contributed by atoms with van der Waals surface area (Å²) in [5.41, 5.74) is -0.505. The van der Waals surface area contributed by atoms with Gasteiger partial charge in [0.1, 0.15) is 11.4 Å². The van der Waals surface area contributed by atoms with Crippen molar-refractivity contribution in [2.45, 2.75) is 38.8 Å². The molecule has 1 atom stereocenters. The molecule has 0 radical (unpaired) electrons. The van der Waals surface area contributed by atoms with Crippen LogP contribution in [0.5, 0.6) is 0 Å². The van der Waals surface area contributed by atoms with Gasteiger partial charge in [-0.2, -0.15) is 5.06 Å². The molecule has 1 heterocycles. The third-order valence-electron chi connectivity index (χ3n) is 2.39. The molecule has 2 N–H and O–H groups in total. The average molecular weight is 286 g/mol. The molecule has 0 spiro atoms. The van der Waals surface area contributed by atoms with Crippen LogP contribution in [0.1, 0.15) is 38.8 Å². The van der Waals surface area contributed by atoms with Gasteiger partial charge in [-0.3, -0.25) is 10.2 Å². The SMILES string of the molecule is CC(C)(C)OC(=O)N(O)C(CCO)c1cncc(F)c1. The second-order valence-corrected chi connectivity index (χ2v) is 5.29. The number of hydrogen-bond donors (Lipinski definition) is 2. The van der Waals surface area contributed by atoms with E-state index in [9.17, 15) is 14.4 Å². The minimum Gasteiger partial charge on any atom is -0.442 e. The minimum absolute atomic E-state index is 0.0286. The fourth-order valence-corrected chi connectivity index (χ4v) is 1.60. The molecular weight excluding hydrogens is 267 g/mol. The average Bonchev–Trinajstić information content (AvgIpc) is 2.33. The summed E-state index contributed by atoms with van der Waals surface area (Å²) in [6, 6.07) is 0.207. The molecule has 0 saturated carbocycles. The molecule has 1 aromatic heterocycles. The van der Waals surface area contributed by atoms with E-state index in [1.165, 1.54) is 6.20 Å². The van der Waals surface area contributed by atoms with Crippen LogP contribution in [0.4, 0.5) is 9.18 Å². The zero-order chi connectivity index (χ0) is 15.3. The molecule has 0 aliphatic heterocycles. The number of aromatic nitrogens is 1.